The fourth-order valence-electron chi connectivity index (χ4n) is 11.9. The minimum Gasteiger partial charge on any atom is -0.175 e. The third-order valence-electron chi connectivity index (χ3n) is 15.1. The summed E-state index contributed by atoms with van der Waals surface area (Å²) in [6, 6.07) is 0. The summed E-state index contributed by atoms with van der Waals surface area (Å²) in [6.07, 6.45) is 14.5. The molecule has 0 amide bonds. The van der Waals surface area contributed by atoms with Crippen molar-refractivity contribution >= 4 is 12.6 Å². The van der Waals surface area contributed by atoms with E-state index in [2.05, 4.69) is 62.3 Å². The van der Waals surface area contributed by atoms with Gasteiger partial charge in [0.15, 0.2) is 0 Å². The van der Waals surface area contributed by atoms with Crippen LogP contribution in [0.5, 0.6) is 0 Å². The van der Waals surface area contributed by atoms with Crippen LogP contribution in [0.1, 0.15) is 127 Å². The summed E-state index contributed by atoms with van der Waals surface area (Å²) in [5, 5.41) is 0.553. The van der Waals surface area contributed by atoms with Gasteiger partial charge in [-0.1, -0.05) is 62.3 Å². The zero-order valence-electron chi connectivity index (χ0n) is 23.0. The van der Waals surface area contributed by atoms with Crippen molar-refractivity contribution < 1.29 is 0 Å². The van der Waals surface area contributed by atoms with Crippen molar-refractivity contribution in [3.05, 3.63) is 0 Å². The van der Waals surface area contributed by atoms with E-state index < -0.39 is 0 Å². The maximum absolute atomic E-state index is 5.16. The molecule has 0 spiro atoms. The van der Waals surface area contributed by atoms with E-state index in [9.17, 15) is 0 Å². The molecule has 0 heterocycles. The van der Waals surface area contributed by atoms with Gasteiger partial charge >= 0.3 is 0 Å². The molecule has 1 unspecified atom stereocenters. The number of hydrogen-bond donors (Lipinski definition) is 1. The molecule has 5 fully saturated rings. The van der Waals surface area contributed by atoms with Gasteiger partial charge in [0.25, 0.3) is 0 Å². The van der Waals surface area contributed by atoms with Crippen LogP contribution in [0.4, 0.5) is 0 Å². The van der Waals surface area contributed by atoms with Gasteiger partial charge in [-0.2, -0.15) is 12.6 Å². The zero-order chi connectivity index (χ0) is 23.5. The topological polar surface area (TPSA) is 0 Å². The van der Waals surface area contributed by atoms with E-state index in [4.69, 9.17) is 12.6 Å². The van der Waals surface area contributed by atoms with Crippen molar-refractivity contribution in [1.29, 1.82) is 0 Å². The van der Waals surface area contributed by atoms with E-state index in [0.717, 1.165) is 29.6 Å². The lowest BCUT2D eigenvalue weighted by Gasteiger charge is -2.76. The second-order valence-corrected chi connectivity index (χ2v) is 16.3. The lowest BCUT2D eigenvalue weighted by atomic mass is 9.29. The van der Waals surface area contributed by atoms with Crippen LogP contribution in [0.25, 0.3) is 0 Å². The van der Waals surface area contributed by atoms with Crippen LogP contribution < -0.4 is 0 Å². The van der Waals surface area contributed by atoms with Gasteiger partial charge < -0.3 is 0 Å². The maximum atomic E-state index is 5.16. The van der Waals surface area contributed by atoms with Gasteiger partial charge in [-0.15, -0.1) is 0 Å². The fraction of sp³-hybridized carbons (Fsp3) is 1.00. The highest BCUT2D eigenvalue weighted by Crippen LogP contribution is 2.79. The quantitative estimate of drug-likeness (QED) is 0.343. The Balaban J connectivity index is 1.56. The van der Waals surface area contributed by atoms with Crippen molar-refractivity contribution in [2.24, 2.45) is 62.1 Å². The summed E-state index contributed by atoms with van der Waals surface area (Å²) in [5.74, 6) is 4.60. The molecule has 0 N–H and O–H groups in total. The van der Waals surface area contributed by atoms with Crippen LogP contribution in [-0.4, -0.2) is 5.25 Å². The molecule has 184 valence electrons. The van der Waals surface area contributed by atoms with Gasteiger partial charge in [0.2, 0.25) is 0 Å². The Morgan fingerprint density at radius 3 is 1.97 bits per heavy atom. The first-order valence-corrected chi connectivity index (χ1v) is 14.9. The Morgan fingerprint density at radius 2 is 1.28 bits per heavy atom. The minimum absolute atomic E-state index is 0.320. The molecule has 0 aromatic carbocycles. The minimum atomic E-state index is 0.320. The predicted molar refractivity (Wildman–Crippen MR) is 142 cm³/mol. The van der Waals surface area contributed by atoms with E-state index in [1.807, 2.05) is 0 Å². The van der Waals surface area contributed by atoms with Crippen LogP contribution in [0.15, 0.2) is 0 Å². The summed E-state index contributed by atoms with van der Waals surface area (Å²) >= 11 is 5.16. The molecule has 5 aliphatic carbocycles. The van der Waals surface area contributed by atoms with Gasteiger partial charge in [-0.3, -0.25) is 0 Å². The van der Waals surface area contributed by atoms with E-state index in [0.29, 0.717) is 37.7 Å². The van der Waals surface area contributed by atoms with Crippen molar-refractivity contribution in [2.45, 2.75) is 132 Å². The van der Waals surface area contributed by atoms with Crippen molar-refractivity contribution in [1.82, 2.24) is 0 Å². The molecule has 0 bridgehead atoms. The van der Waals surface area contributed by atoms with E-state index in [1.54, 1.807) is 0 Å². The molecule has 32 heavy (non-hydrogen) atoms. The summed E-state index contributed by atoms with van der Waals surface area (Å²) in [5.41, 5.74) is 2.83. The Kier molecular flexibility index (Phi) is 5.24. The maximum Gasteiger partial charge on any atom is 0.00736 e. The number of hydrogen-bond acceptors (Lipinski definition) is 1. The second-order valence-electron chi connectivity index (χ2n) is 15.7. The zero-order valence-corrected chi connectivity index (χ0v) is 23.9. The standard InChI is InChI=1S/C31H54S/c1-20-12-14-27(5)16-17-28(6)22(25(27)21(20)2)10-11-23-29(28,7)18-19-31(9)26(3,4)24(32)13-15-30(23,31)8/h20-25,32H,10-19H2,1-9H3/t20-,21+,22-,23+,24?,25+,27-,28-,29-,30-,31+/m1/s1. The average molecular weight is 459 g/mol. The van der Waals surface area contributed by atoms with E-state index >= 15 is 0 Å². The lowest BCUT2D eigenvalue weighted by Crippen LogP contribution is -2.70. The average Bonchev–Trinajstić information content (AvgIpc) is 2.72. The second kappa shape index (κ2) is 6.97. The Bertz CT molecular complexity index is 770. The smallest absolute Gasteiger partial charge is 0.00736 e. The molecule has 1 heteroatoms. The predicted octanol–water partition coefficient (Wildman–Crippen LogP) is 9.43. The summed E-state index contributed by atoms with van der Waals surface area (Å²) in [4.78, 5) is 0. The molecule has 5 saturated carbocycles. The van der Waals surface area contributed by atoms with Gasteiger partial charge in [-0.05, 0) is 126 Å². The largest absolute Gasteiger partial charge is 0.175 e. The van der Waals surface area contributed by atoms with Crippen molar-refractivity contribution in [3.63, 3.8) is 0 Å². The molecule has 0 aromatic rings. The number of rotatable bonds is 0. The van der Waals surface area contributed by atoms with Crippen LogP contribution in [0.2, 0.25) is 0 Å². The Hall–Kier alpha value is 0.350. The van der Waals surface area contributed by atoms with E-state index in [1.165, 1.54) is 64.2 Å². The molecular formula is C31H54S. The van der Waals surface area contributed by atoms with Crippen molar-refractivity contribution in [2.75, 3.05) is 0 Å². The number of fused-ring (bicyclic) bond motifs is 7. The van der Waals surface area contributed by atoms with Crippen LogP contribution in [-0.2, 0) is 0 Å². The highest BCUT2D eigenvalue weighted by molar-refractivity contribution is 7.81. The van der Waals surface area contributed by atoms with Crippen LogP contribution in [0, 0.1) is 62.1 Å². The normalized spacial score (nSPS) is 61.7. The summed E-state index contributed by atoms with van der Waals surface area (Å²) < 4.78 is 0. The van der Waals surface area contributed by atoms with Gasteiger partial charge in [0.1, 0.15) is 0 Å². The van der Waals surface area contributed by atoms with Gasteiger partial charge in [0.05, 0.1) is 0 Å². The number of thiol groups is 1. The lowest BCUT2D eigenvalue weighted by molar-refractivity contribution is -0.270. The molecular weight excluding hydrogens is 404 g/mol. The third-order valence-corrected chi connectivity index (χ3v) is 16.0. The molecule has 5 rings (SSSR count). The Labute approximate surface area is 206 Å². The third kappa shape index (κ3) is 2.60. The molecule has 11 atom stereocenters. The summed E-state index contributed by atoms with van der Waals surface area (Å²) in [7, 11) is 0. The molecule has 0 nitrogen and oxygen atoms in total. The van der Waals surface area contributed by atoms with Crippen molar-refractivity contribution in [3.8, 4) is 0 Å². The first kappa shape index (κ1) is 24.1. The van der Waals surface area contributed by atoms with E-state index in [-0.39, 0.29) is 0 Å². The van der Waals surface area contributed by atoms with Gasteiger partial charge in [0, 0.05) is 5.25 Å². The van der Waals surface area contributed by atoms with Crippen LogP contribution >= 0.6 is 12.6 Å². The molecule has 5 aliphatic rings. The fourth-order valence-corrected chi connectivity index (χ4v) is 12.3. The monoisotopic (exact) mass is 458 g/mol. The van der Waals surface area contributed by atoms with Gasteiger partial charge in [-0.25, -0.2) is 0 Å². The first-order chi connectivity index (χ1) is 14.7. The first-order valence-electron chi connectivity index (χ1n) is 14.4. The summed E-state index contributed by atoms with van der Waals surface area (Å²) in [6.45, 7) is 24.1. The highest BCUT2D eigenvalue weighted by Gasteiger charge is 2.72. The van der Waals surface area contributed by atoms with Crippen LogP contribution in [0.3, 0.4) is 0 Å². The molecule has 0 saturated heterocycles. The molecule has 0 aliphatic heterocycles. The highest BCUT2D eigenvalue weighted by atomic mass is 32.1. The Morgan fingerprint density at radius 1 is 0.625 bits per heavy atom. The SMILES string of the molecule is C[C@@H]1[C@H]2[C@H]3CC[C@@H]4[C@@]5(C)CCC(S)C(C)(C)[C@]5(C)CC[C@@]4(C)[C@]3(C)CC[C@@]2(C)CC[C@H]1C. The molecule has 0 radical (unpaired) electrons. The molecule has 0 aromatic heterocycles.